The standard InChI is InChI=1S/C13H21N/c1-3-4-12-5-7-13(8-6-12)9-11(2)10-14/h5-8,11H,3-4,9-10,14H2,1-2H3. The number of hydrogen-bond acceptors (Lipinski definition) is 1. The minimum Gasteiger partial charge on any atom is -0.330 e. The first-order chi connectivity index (χ1) is 6.76. The summed E-state index contributed by atoms with van der Waals surface area (Å²) in [5.41, 5.74) is 8.44. The highest BCUT2D eigenvalue weighted by Crippen LogP contribution is 2.10. The van der Waals surface area contributed by atoms with Crippen molar-refractivity contribution in [1.82, 2.24) is 0 Å². The third-order valence-electron chi connectivity index (χ3n) is 2.55. The molecule has 14 heavy (non-hydrogen) atoms. The van der Waals surface area contributed by atoms with Gasteiger partial charge in [0.25, 0.3) is 0 Å². The van der Waals surface area contributed by atoms with Crippen molar-refractivity contribution in [3.8, 4) is 0 Å². The number of benzene rings is 1. The summed E-state index contributed by atoms with van der Waals surface area (Å²) in [5, 5.41) is 0. The van der Waals surface area contributed by atoms with Gasteiger partial charge < -0.3 is 5.73 Å². The number of aryl methyl sites for hydroxylation is 1. The van der Waals surface area contributed by atoms with E-state index in [2.05, 4.69) is 38.1 Å². The molecule has 1 nitrogen and oxygen atoms in total. The third-order valence-corrected chi connectivity index (χ3v) is 2.55. The minimum absolute atomic E-state index is 0.590. The molecule has 1 heteroatoms. The summed E-state index contributed by atoms with van der Waals surface area (Å²) in [6.07, 6.45) is 3.51. The van der Waals surface area contributed by atoms with Crippen LogP contribution < -0.4 is 5.73 Å². The average Bonchev–Trinajstić information content (AvgIpc) is 2.21. The van der Waals surface area contributed by atoms with Crippen LogP contribution in [0.25, 0.3) is 0 Å². The Morgan fingerprint density at radius 2 is 1.71 bits per heavy atom. The minimum atomic E-state index is 0.590. The van der Waals surface area contributed by atoms with Crippen molar-refractivity contribution in [3.63, 3.8) is 0 Å². The van der Waals surface area contributed by atoms with E-state index in [1.54, 1.807) is 0 Å². The van der Waals surface area contributed by atoms with Crippen molar-refractivity contribution in [3.05, 3.63) is 35.4 Å². The summed E-state index contributed by atoms with van der Waals surface area (Å²) in [5.74, 6) is 0.590. The largest absolute Gasteiger partial charge is 0.330 e. The second-order valence-corrected chi connectivity index (χ2v) is 4.11. The Labute approximate surface area is 87.3 Å². The van der Waals surface area contributed by atoms with E-state index in [1.165, 1.54) is 24.0 Å². The zero-order chi connectivity index (χ0) is 10.4. The van der Waals surface area contributed by atoms with E-state index in [4.69, 9.17) is 5.73 Å². The molecule has 0 aliphatic heterocycles. The molecule has 0 amide bonds. The molecule has 0 aliphatic carbocycles. The first-order valence-corrected chi connectivity index (χ1v) is 5.54. The molecular formula is C13H21N. The van der Waals surface area contributed by atoms with Crippen molar-refractivity contribution in [2.24, 2.45) is 11.7 Å². The zero-order valence-corrected chi connectivity index (χ0v) is 9.29. The molecule has 2 N–H and O–H groups in total. The second kappa shape index (κ2) is 5.82. The molecule has 0 saturated carbocycles. The lowest BCUT2D eigenvalue weighted by Gasteiger charge is -2.08. The van der Waals surface area contributed by atoms with Gasteiger partial charge in [-0.2, -0.15) is 0 Å². The fraction of sp³-hybridized carbons (Fsp3) is 0.538. The normalized spacial score (nSPS) is 12.8. The Kier molecular flexibility index (Phi) is 4.68. The molecule has 1 unspecified atom stereocenters. The van der Waals surface area contributed by atoms with Crippen molar-refractivity contribution in [2.45, 2.75) is 33.1 Å². The summed E-state index contributed by atoms with van der Waals surface area (Å²) < 4.78 is 0. The fourth-order valence-corrected chi connectivity index (χ4v) is 1.62. The van der Waals surface area contributed by atoms with Crippen LogP contribution in [0.5, 0.6) is 0 Å². The number of hydrogen-bond donors (Lipinski definition) is 1. The molecule has 1 aromatic rings. The Balaban J connectivity index is 2.54. The van der Waals surface area contributed by atoms with Gasteiger partial charge in [-0.15, -0.1) is 0 Å². The van der Waals surface area contributed by atoms with Crippen LogP contribution in [0.4, 0.5) is 0 Å². The molecule has 0 spiro atoms. The van der Waals surface area contributed by atoms with Crippen LogP contribution in [0.2, 0.25) is 0 Å². The molecule has 1 aromatic carbocycles. The van der Waals surface area contributed by atoms with Crippen LogP contribution in [0.15, 0.2) is 24.3 Å². The molecule has 78 valence electrons. The van der Waals surface area contributed by atoms with E-state index in [1.807, 2.05) is 0 Å². The maximum Gasteiger partial charge on any atom is -0.00483 e. The predicted molar refractivity (Wildman–Crippen MR) is 62.4 cm³/mol. The molecule has 1 rings (SSSR count). The summed E-state index contributed by atoms with van der Waals surface area (Å²) in [4.78, 5) is 0. The third kappa shape index (κ3) is 3.51. The number of nitrogens with two attached hydrogens (primary N) is 1. The molecule has 0 bridgehead atoms. The molecule has 0 heterocycles. The highest BCUT2D eigenvalue weighted by Gasteiger charge is 2.00. The smallest absolute Gasteiger partial charge is 0.00483 e. The van der Waals surface area contributed by atoms with E-state index in [-0.39, 0.29) is 0 Å². The monoisotopic (exact) mass is 191 g/mol. The van der Waals surface area contributed by atoms with Gasteiger partial charge in [-0.1, -0.05) is 44.5 Å². The van der Waals surface area contributed by atoms with Crippen LogP contribution in [0, 0.1) is 5.92 Å². The van der Waals surface area contributed by atoms with Crippen molar-refractivity contribution >= 4 is 0 Å². The highest BCUT2D eigenvalue weighted by atomic mass is 14.5. The summed E-state index contributed by atoms with van der Waals surface area (Å²) >= 11 is 0. The van der Waals surface area contributed by atoms with E-state index >= 15 is 0 Å². The predicted octanol–water partition coefficient (Wildman–Crippen LogP) is 2.78. The Morgan fingerprint density at radius 1 is 1.14 bits per heavy atom. The van der Waals surface area contributed by atoms with E-state index < -0.39 is 0 Å². The lowest BCUT2D eigenvalue weighted by Crippen LogP contribution is -2.12. The average molecular weight is 191 g/mol. The van der Waals surface area contributed by atoms with Gasteiger partial charge >= 0.3 is 0 Å². The van der Waals surface area contributed by atoms with E-state index in [0.717, 1.165) is 13.0 Å². The van der Waals surface area contributed by atoms with Crippen molar-refractivity contribution in [2.75, 3.05) is 6.54 Å². The molecule has 0 fully saturated rings. The van der Waals surface area contributed by atoms with Crippen LogP contribution in [0.1, 0.15) is 31.4 Å². The van der Waals surface area contributed by atoms with Crippen LogP contribution in [-0.2, 0) is 12.8 Å². The topological polar surface area (TPSA) is 26.0 Å². The lowest BCUT2D eigenvalue weighted by molar-refractivity contribution is 0.593. The Bertz CT molecular complexity index is 250. The van der Waals surface area contributed by atoms with Crippen molar-refractivity contribution < 1.29 is 0 Å². The van der Waals surface area contributed by atoms with E-state index in [0.29, 0.717) is 5.92 Å². The van der Waals surface area contributed by atoms with Gasteiger partial charge in [0.1, 0.15) is 0 Å². The first kappa shape index (κ1) is 11.3. The van der Waals surface area contributed by atoms with Gasteiger partial charge in [0.2, 0.25) is 0 Å². The van der Waals surface area contributed by atoms with Crippen molar-refractivity contribution in [1.29, 1.82) is 0 Å². The lowest BCUT2D eigenvalue weighted by atomic mass is 9.99. The fourth-order valence-electron chi connectivity index (χ4n) is 1.62. The second-order valence-electron chi connectivity index (χ2n) is 4.11. The molecular weight excluding hydrogens is 170 g/mol. The molecule has 0 radical (unpaired) electrons. The van der Waals surface area contributed by atoms with Gasteiger partial charge in [-0.25, -0.2) is 0 Å². The van der Waals surface area contributed by atoms with E-state index in [9.17, 15) is 0 Å². The molecule has 1 atom stereocenters. The SMILES string of the molecule is CCCc1ccc(CC(C)CN)cc1. The first-order valence-electron chi connectivity index (χ1n) is 5.54. The maximum absolute atomic E-state index is 5.60. The van der Waals surface area contributed by atoms with Gasteiger partial charge in [-0.05, 0) is 36.4 Å². The number of rotatable bonds is 5. The summed E-state index contributed by atoms with van der Waals surface area (Å²) in [6.45, 7) is 5.18. The quantitative estimate of drug-likeness (QED) is 0.761. The Morgan fingerprint density at radius 3 is 2.21 bits per heavy atom. The zero-order valence-electron chi connectivity index (χ0n) is 9.29. The van der Waals surface area contributed by atoms with Gasteiger partial charge in [0, 0.05) is 0 Å². The molecule has 0 saturated heterocycles. The Hall–Kier alpha value is -0.820. The van der Waals surface area contributed by atoms with Gasteiger partial charge in [0.15, 0.2) is 0 Å². The summed E-state index contributed by atoms with van der Waals surface area (Å²) in [7, 11) is 0. The van der Waals surface area contributed by atoms with Gasteiger partial charge in [0.05, 0.1) is 0 Å². The summed E-state index contributed by atoms with van der Waals surface area (Å²) in [6, 6.07) is 8.94. The molecule has 0 aliphatic rings. The van der Waals surface area contributed by atoms with Gasteiger partial charge in [-0.3, -0.25) is 0 Å². The highest BCUT2D eigenvalue weighted by molar-refractivity contribution is 5.22. The molecule has 0 aromatic heterocycles. The van der Waals surface area contributed by atoms with Crippen LogP contribution in [0.3, 0.4) is 0 Å². The van der Waals surface area contributed by atoms with Crippen LogP contribution >= 0.6 is 0 Å². The maximum atomic E-state index is 5.60. The van der Waals surface area contributed by atoms with Crippen LogP contribution in [-0.4, -0.2) is 6.54 Å².